The Morgan fingerprint density at radius 3 is 2.62 bits per heavy atom. The van der Waals surface area contributed by atoms with Crippen molar-refractivity contribution in [2.75, 3.05) is 0 Å². The quantitative estimate of drug-likeness (QED) is 0.887. The number of nitrogens with one attached hydrogen (secondary N) is 1. The zero-order valence-electron chi connectivity index (χ0n) is 10.8. The fourth-order valence-corrected chi connectivity index (χ4v) is 1.63. The van der Waals surface area contributed by atoms with Gasteiger partial charge in [0.15, 0.2) is 0 Å². The van der Waals surface area contributed by atoms with E-state index in [1.807, 2.05) is 0 Å². The number of amides is 1. The number of carbonyl (C=O) groups is 1. The fraction of sp³-hybridized carbons (Fsp3) is 0.143. The van der Waals surface area contributed by atoms with E-state index in [1.54, 1.807) is 12.1 Å². The summed E-state index contributed by atoms with van der Waals surface area (Å²) in [4.78, 5) is 15.5. The molecular formula is C14H12F2N2O3. The second-order valence-corrected chi connectivity index (χ2v) is 4.14. The molecule has 2 rings (SSSR count). The van der Waals surface area contributed by atoms with Crippen LogP contribution in [0, 0.1) is 0 Å². The van der Waals surface area contributed by atoms with Crippen LogP contribution in [0.1, 0.15) is 15.9 Å². The van der Waals surface area contributed by atoms with Gasteiger partial charge in [0.2, 0.25) is 0 Å². The molecule has 21 heavy (non-hydrogen) atoms. The Labute approximate surface area is 119 Å². The lowest BCUT2D eigenvalue weighted by Gasteiger charge is -2.07. The molecule has 0 saturated carbocycles. The molecule has 1 heterocycles. The number of ether oxygens (including phenoxy) is 1. The number of pyridine rings is 1. The van der Waals surface area contributed by atoms with Crippen molar-refractivity contribution in [2.45, 2.75) is 13.2 Å². The maximum atomic E-state index is 12.0. The van der Waals surface area contributed by atoms with E-state index in [0.717, 1.165) is 5.56 Å². The minimum absolute atomic E-state index is 0.0530. The van der Waals surface area contributed by atoms with E-state index >= 15 is 0 Å². The zero-order chi connectivity index (χ0) is 15.2. The number of aromatic hydroxyl groups is 1. The highest BCUT2D eigenvalue weighted by Crippen LogP contribution is 2.15. The highest BCUT2D eigenvalue weighted by atomic mass is 19.3. The van der Waals surface area contributed by atoms with Gasteiger partial charge < -0.3 is 15.2 Å². The number of halogens is 2. The van der Waals surface area contributed by atoms with Gasteiger partial charge in [-0.3, -0.25) is 9.78 Å². The van der Waals surface area contributed by atoms with Crippen LogP contribution in [0.4, 0.5) is 8.78 Å². The minimum atomic E-state index is -2.87. The van der Waals surface area contributed by atoms with Crippen LogP contribution in [-0.4, -0.2) is 22.6 Å². The molecule has 2 N–H and O–H groups in total. The van der Waals surface area contributed by atoms with E-state index < -0.39 is 12.5 Å². The van der Waals surface area contributed by atoms with E-state index in [1.165, 1.54) is 30.6 Å². The lowest BCUT2D eigenvalue weighted by atomic mass is 10.2. The van der Waals surface area contributed by atoms with Crippen molar-refractivity contribution in [3.63, 3.8) is 0 Å². The third-order valence-corrected chi connectivity index (χ3v) is 2.59. The predicted molar refractivity (Wildman–Crippen MR) is 70.1 cm³/mol. The van der Waals surface area contributed by atoms with Crippen molar-refractivity contribution in [1.82, 2.24) is 10.3 Å². The number of carbonyl (C=O) groups excluding carboxylic acids is 1. The summed E-state index contributed by atoms with van der Waals surface area (Å²) < 4.78 is 28.2. The van der Waals surface area contributed by atoms with Gasteiger partial charge in [0.1, 0.15) is 11.5 Å². The van der Waals surface area contributed by atoms with Crippen LogP contribution in [0.15, 0.2) is 42.7 Å². The van der Waals surface area contributed by atoms with E-state index in [9.17, 15) is 18.7 Å². The first-order chi connectivity index (χ1) is 10.0. The van der Waals surface area contributed by atoms with Gasteiger partial charge >= 0.3 is 6.61 Å². The van der Waals surface area contributed by atoms with E-state index in [2.05, 4.69) is 15.0 Å². The molecule has 1 amide bonds. The summed E-state index contributed by atoms with van der Waals surface area (Å²) in [6.07, 6.45) is 2.55. The number of hydrogen-bond donors (Lipinski definition) is 2. The van der Waals surface area contributed by atoms with Gasteiger partial charge in [0, 0.05) is 12.7 Å². The molecule has 0 aliphatic heterocycles. The topological polar surface area (TPSA) is 71.5 Å². The summed E-state index contributed by atoms with van der Waals surface area (Å²) in [6.45, 7) is -2.66. The number of rotatable bonds is 5. The maximum absolute atomic E-state index is 12.0. The third-order valence-electron chi connectivity index (χ3n) is 2.59. The predicted octanol–water partition coefficient (Wildman–Crippen LogP) is 2.32. The van der Waals surface area contributed by atoms with Gasteiger partial charge in [-0.25, -0.2) is 0 Å². The highest BCUT2D eigenvalue weighted by molar-refractivity contribution is 5.94. The van der Waals surface area contributed by atoms with Crippen LogP contribution < -0.4 is 10.1 Å². The Bertz CT molecular complexity index is 618. The highest BCUT2D eigenvalue weighted by Gasteiger charge is 2.07. The number of nitrogens with zero attached hydrogens (tertiary/aromatic N) is 1. The molecule has 2 aromatic rings. The molecule has 1 aromatic carbocycles. The monoisotopic (exact) mass is 294 g/mol. The van der Waals surface area contributed by atoms with Crippen molar-refractivity contribution in [2.24, 2.45) is 0 Å². The SMILES string of the molecule is O=C(NCc1ccc(OC(F)F)cc1)c1cncc(O)c1. The lowest BCUT2D eigenvalue weighted by Crippen LogP contribution is -2.22. The number of hydrogen-bond acceptors (Lipinski definition) is 4. The zero-order valence-corrected chi connectivity index (χ0v) is 10.8. The first-order valence-electron chi connectivity index (χ1n) is 6.00. The van der Waals surface area contributed by atoms with Crippen LogP contribution in [0.5, 0.6) is 11.5 Å². The maximum Gasteiger partial charge on any atom is 0.387 e. The molecule has 0 atom stereocenters. The summed E-state index contributed by atoms with van der Waals surface area (Å²) in [7, 11) is 0. The van der Waals surface area contributed by atoms with Gasteiger partial charge in [0.05, 0.1) is 11.8 Å². The summed E-state index contributed by atoms with van der Waals surface area (Å²) in [6, 6.07) is 7.21. The van der Waals surface area contributed by atoms with Crippen LogP contribution in [0.3, 0.4) is 0 Å². The molecule has 110 valence electrons. The van der Waals surface area contributed by atoms with Gasteiger partial charge in [0.25, 0.3) is 5.91 Å². The summed E-state index contributed by atoms with van der Waals surface area (Å²) >= 11 is 0. The largest absolute Gasteiger partial charge is 0.506 e. The molecule has 0 fully saturated rings. The second-order valence-electron chi connectivity index (χ2n) is 4.14. The molecule has 0 spiro atoms. The van der Waals surface area contributed by atoms with Crippen molar-refractivity contribution < 1.29 is 23.4 Å². The molecular weight excluding hydrogens is 282 g/mol. The van der Waals surface area contributed by atoms with E-state index in [-0.39, 0.29) is 23.6 Å². The van der Waals surface area contributed by atoms with Crippen molar-refractivity contribution in [3.05, 3.63) is 53.9 Å². The fourth-order valence-electron chi connectivity index (χ4n) is 1.63. The Balaban J connectivity index is 1.92. The first-order valence-corrected chi connectivity index (χ1v) is 6.00. The Kier molecular flexibility index (Phi) is 4.65. The van der Waals surface area contributed by atoms with Crippen LogP contribution >= 0.6 is 0 Å². The normalized spacial score (nSPS) is 10.4. The summed E-state index contributed by atoms with van der Waals surface area (Å²) in [5.74, 6) is -0.445. The van der Waals surface area contributed by atoms with Crippen LogP contribution in [-0.2, 0) is 6.54 Å². The first kappa shape index (κ1) is 14.7. The lowest BCUT2D eigenvalue weighted by molar-refractivity contribution is -0.0498. The Morgan fingerprint density at radius 1 is 1.29 bits per heavy atom. The summed E-state index contributed by atoms with van der Waals surface area (Å²) in [5.41, 5.74) is 0.950. The minimum Gasteiger partial charge on any atom is -0.506 e. The van der Waals surface area contributed by atoms with Crippen LogP contribution in [0.25, 0.3) is 0 Å². The number of benzene rings is 1. The molecule has 0 bridgehead atoms. The van der Waals surface area contributed by atoms with Crippen molar-refractivity contribution >= 4 is 5.91 Å². The molecule has 0 saturated heterocycles. The standard InChI is InChI=1S/C14H12F2N2O3/c15-14(16)21-12-3-1-9(2-4-12)6-18-13(20)10-5-11(19)8-17-7-10/h1-5,7-8,14,19H,6H2,(H,18,20). The Morgan fingerprint density at radius 2 is 2.00 bits per heavy atom. The number of aromatic nitrogens is 1. The second kappa shape index (κ2) is 6.65. The molecule has 0 aliphatic rings. The average Bonchev–Trinajstić information content (AvgIpc) is 2.45. The molecule has 5 nitrogen and oxygen atoms in total. The molecule has 0 radical (unpaired) electrons. The van der Waals surface area contributed by atoms with E-state index in [4.69, 9.17) is 0 Å². The summed E-state index contributed by atoms with van der Waals surface area (Å²) in [5, 5.41) is 11.9. The van der Waals surface area contributed by atoms with Crippen molar-refractivity contribution in [1.29, 1.82) is 0 Å². The molecule has 0 aliphatic carbocycles. The molecule has 0 unspecified atom stereocenters. The van der Waals surface area contributed by atoms with Crippen LogP contribution in [0.2, 0.25) is 0 Å². The Hall–Kier alpha value is -2.70. The third kappa shape index (κ3) is 4.41. The van der Waals surface area contributed by atoms with Gasteiger partial charge in [-0.05, 0) is 23.8 Å². The van der Waals surface area contributed by atoms with Crippen molar-refractivity contribution in [3.8, 4) is 11.5 Å². The molecule has 7 heteroatoms. The molecule has 1 aromatic heterocycles. The average molecular weight is 294 g/mol. The van der Waals surface area contributed by atoms with E-state index in [0.29, 0.717) is 0 Å². The van der Waals surface area contributed by atoms with Gasteiger partial charge in [-0.2, -0.15) is 8.78 Å². The smallest absolute Gasteiger partial charge is 0.387 e. The van der Waals surface area contributed by atoms with Gasteiger partial charge in [-0.15, -0.1) is 0 Å². The van der Waals surface area contributed by atoms with Gasteiger partial charge in [-0.1, -0.05) is 12.1 Å². The number of alkyl halides is 2.